The molecule has 1 unspecified atom stereocenters. The molecule has 62 heavy (non-hydrogen) atoms. The summed E-state index contributed by atoms with van der Waals surface area (Å²) in [6.07, 6.45) is 0.520. The van der Waals surface area contributed by atoms with Crippen LogP contribution in [0.2, 0.25) is 0 Å². The average Bonchev–Trinajstić information content (AvgIpc) is 3.57. The van der Waals surface area contributed by atoms with E-state index in [1.54, 1.807) is 24.3 Å². The number of phenolic OH excluding ortho intramolecular Hbond substituents is 2. The summed E-state index contributed by atoms with van der Waals surface area (Å²) >= 11 is 0. The summed E-state index contributed by atoms with van der Waals surface area (Å²) in [6.45, 7) is -11.9. The fourth-order valence-corrected chi connectivity index (χ4v) is 8.26. The van der Waals surface area contributed by atoms with E-state index in [0.717, 1.165) is 27.8 Å². The van der Waals surface area contributed by atoms with Crippen LogP contribution in [0, 0.1) is 23.4 Å². The molecule has 4 aliphatic rings. The summed E-state index contributed by atoms with van der Waals surface area (Å²) in [6, 6.07) is 19.6. The SMILES string of the molecule is [2H]C1([2H])N(CC2CCN(CCOc3ccc(C(=C(CC)c4ccc(O)cc4)c4ccc(O)cc4)cc3)CC2)C([2H])([2H])C([2H])([2H])N(c2c(F)c(F)c3c(c2F)C(=O)N(C2CCC(=O)NC2=O)C3=O)C1([2H])[2H]. The van der Waals surface area contributed by atoms with E-state index in [9.17, 15) is 29.4 Å². The highest BCUT2D eigenvalue weighted by atomic mass is 19.2. The highest BCUT2D eigenvalue weighted by Crippen LogP contribution is 2.39. The molecule has 1 atom stereocenters. The van der Waals surface area contributed by atoms with Crippen LogP contribution in [-0.4, -0.2) is 113 Å². The van der Waals surface area contributed by atoms with Gasteiger partial charge in [-0.3, -0.25) is 39.2 Å². The number of aromatic hydroxyl groups is 2. The fraction of sp³-hybridized carbons (Fsp3) is 0.362. The summed E-state index contributed by atoms with van der Waals surface area (Å²) in [5.41, 5.74) is -0.317. The molecule has 0 aliphatic carbocycles. The molecular formula is C47H48F3N5O7. The van der Waals surface area contributed by atoms with Crippen molar-refractivity contribution >= 4 is 40.5 Å². The van der Waals surface area contributed by atoms with Crippen LogP contribution in [0.4, 0.5) is 18.9 Å². The van der Waals surface area contributed by atoms with Gasteiger partial charge in [-0.25, -0.2) is 13.2 Å². The Kier molecular flexibility index (Phi) is 9.73. The number of anilines is 1. The second-order valence-corrected chi connectivity index (χ2v) is 15.3. The van der Waals surface area contributed by atoms with Gasteiger partial charge >= 0.3 is 0 Å². The second kappa shape index (κ2) is 18.0. The smallest absolute Gasteiger partial charge is 0.265 e. The number of nitrogens with one attached hydrogen (secondary N) is 1. The Bertz CT molecular complexity index is 2750. The van der Waals surface area contributed by atoms with E-state index < -0.39 is 114 Å². The van der Waals surface area contributed by atoms with Gasteiger partial charge in [0.1, 0.15) is 35.6 Å². The van der Waals surface area contributed by atoms with E-state index in [1.807, 2.05) is 60.8 Å². The van der Waals surface area contributed by atoms with Crippen molar-refractivity contribution in [3.8, 4) is 17.2 Å². The largest absolute Gasteiger partial charge is 0.508 e. The van der Waals surface area contributed by atoms with Crippen molar-refractivity contribution in [1.82, 2.24) is 20.0 Å². The number of imide groups is 2. The number of benzene rings is 4. The minimum absolute atomic E-state index is 0.109. The van der Waals surface area contributed by atoms with Gasteiger partial charge in [0.25, 0.3) is 11.8 Å². The standard InChI is InChI=1S/C47H48F3N5O7/c1-2-35(29-3-9-32(56)10-4-29)38(30-5-11-33(57)12-6-30)31-7-13-34(14-8-31)62-26-25-52-19-17-28(18-20-52)27-53-21-23-54(24-22-53)44-42(49)40-39(41(48)43(44)50)46(60)55(47(40)61)36-15-16-37(58)51-45(36)59/h3-14,28,36,56-57H,2,15-27H2,1H3,(H,51,58,59)/i21D2,22D2,23D2,24D2. The monoisotopic (exact) mass is 859 g/mol. The second-order valence-electron chi connectivity index (χ2n) is 15.3. The Morgan fingerprint density at radius 1 is 0.742 bits per heavy atom. The number of amides is 4. The van der Waals surface area contributed by atoms with Gasteiger partial charge in [-0.15, -0.1) is 0 Å². The van der Waals surface area contributed by atoms with E-state index in [4.69, 9.17) is 15.7 Å². The summed E-state index contributed by atoms with van der Waals surface area (Å²) < 4.78 is 126. The summed E-state index contributed by atoms with van der Waals surface area (Å²) in [5, 5.41) is 21.8. The molecule has 15 heteroatoms. The summed E-state index contributed by atoms with van der Waals surface area (Å²) in [7, 11) is 0. The number of allylic oxidation sites excluding steroid dienone is 1. The number of piperidine rings is 2. The molecule has 0 spiro atoms. The summed E-state index contributed by atoms with van der Waals surface area (Å²) in [5.74, 6) is -11.8. The number of piperazine rings is 1. The Balaban J connectivity index is 0.940. The molecule has 3 N–H and O–H groups in total. The zero-order valence-corrected chi connectivity index (χ0v) is 33.5. The van der Waals surface area contributed by atoms with Gasteiger partial charge in [0.2, 0.25) is 11.8 Å². The van der Waals surface area contributed by atoms with Crippen molar-refractivity contribution < 1.29 is 58.3 Å². The number of nitrogens with zero attached hydrogens (tertiary/aromatic N) is 4. The lowest BCUT2D eigenvalue weighted by Gasteiger charge is -2.39. The topological polar surface area (TPSA) is 143 Å². The number of carbonyl (C=O) groups is 4. The van der Waals surface area contributed by atoms with Gasteiger partial charge in [-0.1, -0.05) is 43.3 Å². The molecule has 4 amide bonds. The van der Waals surface area contributed by atoms with Crippen molar-refractivity contribution in [1.29, 1.82) is 0 Å². The van der Waals surface area contributed by atoms with Gasteiger partial charge in [0.15, 0.2) is 17.5 Å². The normalized spacial score (nSPS) is 24.6. The molecule has 4 heterocycles. The van der Waals surface area contributed by atoms with Crippen molar-refractivity contribution in [3.63, 3.8) is 0 Å². The molecule has 4 aromatic carbocycles. The molecule has 8 rings (SSSR count). The molecule has 0 radical (unpaired) electrons. The van der Waals surface area contributed by atoms with Gasteiger partial charge < -0.3 is 19.8 Å². The Hall–Kier alpha value is -6.19. The number of fused-ring (bicyclic) bond motifs is 1. The van der Waals surface area contributed by atoms with Crippen LogP contribution in [-0.2, 0) is 9.59 Å². The molecule has 0 aromatic heterocycles. The Morgan fingerprint density at radius 2 is 1.31 bits per heavy atom. The fourth-order valence-electron chi connectivity index (χ4n) is 8.26. The van der Waals surface area contributed by atoms with Crippen molar-refractivity contribution in [2.24, 2.45) is 5.92 Å². The first-order chi connectivity index (χ1) is 32.9. The van der Waals surface area contributed by atoms with Crippen molar-refractivity contribution in [2.45, 2.75) is 45.1 Å². The van der Waals surface area contributed by atoms with E-state index in [1.165, 1.54) is 0 Å². The van der Waals surface area contributed by atoms with Crippen molar-refractivity contribution in [2.75, 3.05) is 63.7 Å². The average molecular weight is 860 g/mol. The van der Waals surface area contributed by atoms with Gasteiger partial charge in [-0.2, -0.15) is 0 Å². The number of hydrogen-bond donors (Lipinski definition) is 3. The number of ether oxygens (including phenoxy) is 1. The highest BCUT2D eigenvalue weighted by molar-refractivity contribution is 6.24. The first-order valence-corrected chi connectivity index (χ1v) is 20.2. The van der Waals surface area contributed by atoms with Gasteiger partial charge in [-0.05, 0) is 109 Å². The third kappa shape index (κ3) is 8.51. The van der Waals surface area contributed by atoms with E-state index in [2.05, 4.69) is 4.90 Å². The van der Waals surface area contributed by atoms with Crippen LogP contribution in [0.25, 0.3) is 11.1 Å². The van der Waals surface area contributed by atoms with Crippen LogP contribution in [0.15, 0.2) is 72.8 Å². The predicted octanol–water partition coefficient (Wildman–Crippen LogP) is 6.20. The van der Waals surface area contributed by atoms with Crippen LogP contribution >= 0.6 is 0 Å². The molecule has 3 saturated heterocycles. The third-order valence-electron chi connectivity index (χ3n) is 11.5. The lowest BCUT2D eigenvalue weighted by Crippen LogP contribution is -2.54. The molecular weight excluding hydrogens is 804 g/mol. The number of phenols is 2. The molecule has 0 bridgehead atoms. The molecule has 12 nitrogen and oxygen atoms in total. The van der Waals surface area contributed by atoms with E-state index in [-0.39, 0.29) is 29.4 Å². The zero-order valence-electron chi connectivity index (χ0n) is 41.5. The molecule has 4 aromatic rings. The first kappa shape index (κ1) is 33.4. The Labute approximate surface area is 368 Å². The number of carbonyl (C=O) groups excluding carboxylic acids is 4. The van der Waals surface area contributed by atoms with Gasteiger partial charge in [0.05, 0.1) is 16.6 Å². The lowest BCUT2D eigenvalue weighted by atomic mass is 9.88. The number of likely N-dealkylation sites (tertiary alicyclic amines) is 1. The zero-order chi connectivity index (χ0) is 50.8. The van der Waals surface area contributed by atoms with E-state index in [0.29, 0.717) is 49.5 Å². The summed E-state index contributed by atoms with van der Waals surface area (Å²) in [4.78, 5) is 53.0. The number of rotatable bonds is 12. The highest BCUT2D eigenvalue weighted by Gasteiger charge is 2.49. The van der Waals surface area contributed by atoms with Crippen LogP contribution in [0.5, 0.6) is 17.2 Å². The lowest BCUT2D eigenvalue weighted by molar-refractivity contribution is -0.136. The maximum atomic E-state index is 16.6. The van der Waals surface area contributed by atoms with Crippen molar-refractivity contribution in [3.05, 3.63) is 118 Å². The quantitative estimate of drug-likeness (QED) is 0.0857. The molecule has 4 aliphatic heterocycles. The van der Waals surface area contributed by atoms with Crippen LogP contribution in [0.1, 0.15) is 87.4 Å². The maximum absolute atomic E-state index is 16.6. The Morgan fingerprint density at radius 3 is 1.89 bits per heavy atom. The number of hydrogen-bond acceptors (Lipinski definition) is 10. The molecule has 0 saturated carbocycles. The molecule has 3 fully saturated rings. The van der Waals surface area contributed by atoms with E-state index >= 15 is 13.2 Å². The number of halogens is 3. The minimum atomic E-state index is -3.88. The molecule has 324 valence electrons. The maximum Gasteiger partial charge on any atom is 0.265 e. The third-order valence-corrected chi connectivity index (χ3v) is 11.5. The van der Waals surface area contributed by atoms with Crippen LogP contribution in [0.3, 0.4) is 0 Å². The minimum Gasteiger partial charge on any atom is -0.508 e. The first-order valence-electron chi connectivity index (χ1n) is 24.2. The van der Waals surface area contributed by atoms with Gasteiger partial charge in [0, 0.05) is 51.0 Å². The predicted molar refractivity (Wildman–Crippen MR) is 225 cm³/mol. The van der Waals surface area contributed by atoms with Crippen LogP contribution < -0.4 is 15.0 Å².